The molecule has 0 atom stereocenters. The topological polar surface area (TPSA) is 51.1 Å². The van der Waals surface area contributed by atoms with E-state index in [1.807, 2.05) is 13.1 Å². The summed E-state index contributed by atoms with van der Waals surface area (Å²) in [6.45, 7) is 7.88. The van der Waals surface area contributed by atoms with Crippen molar-refractivity contribution in [2.24, 2.45) is 5.41 Å². The van der Waals surface area contributed by atoms with Gasteiger partial charge in [-0.15, -0.1) is 13.2 Å². The zero-order valence-corrected chi connectivity index (χ0v) is 27.5. The number of methoxy groups -OCH3 is 2. The van der Waals surface area contributed by atoms with Crippen molar-refractivity contribution in [2.45, 2.75) is 51.7 Å². The third kappa shape index (κ3) is 8.05. The van der Waals surface area contributed by atoms with E-state index < -0.39 is 6.36 Å². The van der Waals surface area contributed by atoms with Gasteiger partial charge in [-0.25, -0.2) is 0 Å². The minimum Gasteiger partial charge on any atom is -0.497 e. The van der Waals surface area contributed by atoms with Gasteiger partial charge in [0.1, 0.15) is 17.2 Å². The van der Waals surface area contributed by atoms with E-state index in [9.17, 15) is 13.2 Å². The number of ether oxygens (including phenoxy) is 3. The van der Waals surface area contributed by atoms with Crippen LogP contribution < -0.4 is 19.5 Å². The Morgan fingerprint density at radius 2 is 1.45 bits per heavy atom. The van der Waals surface area contributed by atoms with Crippen molar-refractivity contribution in [2.75, 3.05) is 54.0 Å². The van der Waals surface area contributed by atoms with Gasteiger partial charge in [-0.1, -0.05) is 18.2 Å². The van der Waals surface area contributed by atoms with Crippen LogP contribution in [0.5, 0.6) is 17.2 Å². The lowest BCUT2D eigenvalue weighted by Gasteiger charge is -2.39. The molecule has 0 radical (unpaired) electrons. The Balaban J connectivity index is 1.13. The lowest BCUT2D eigenvalue weighted by molar-refractivity contribution is -0.274. The average Bonchev–Trinajstić information content (AvgIpc) is 3.62. The van der Waals surface area contributed by atoms with Crippen LogP contribution in [0.15, 0.2) is 66.9 Å². The summed E-state index contributed by atoms with van der Waals surface area (Å²) >= 11 is 0. The molecule has 0 amide bonds. The van der Waals surface area contributed by atoms with Crippen LogP contribution in [0.2, 0.25) is 0 Å². The van der Waals surface area contributed by atoms with E-state index in [0.29, 0.717) is 5.41 Å². The van der Waals surface area contributed by atoms with E-state index in [4.69, 9.17) is 9.47 Å². The van der Waals surface area contributed by atoms with Crippen LogP contribution in [-0.4, -0.2) is 74.7 Å². The summed E-state index contributed by atoms with van der Waals surface area (Å²) in [7, 11) is 5.32. The average molecular weight is 651 g/mol. The Kier molecular flexibility index (Phi) is 10.0. The zero-order chi connectivity index (χ0) is 33.0. The molecule has 0 saturated carbocycles. The fraction of sp³-hybridized carbons (Fsp3) is 0.459. The third-order valence-electron chi connectivity index (χ3n) is 9.83. The molecular weight excluding hydrogens is 605 g/mol. The van der Waals surface area contributed by atoms with Crippen LogP contribution in [0, 0.1) is 5.41 Å². The van der Waals surface area contributed by atoms with E-state index >= 15 is 0 Å². The van der Waals surface area contributed by atoms with Gasteiger partial charge in [0.2, 0.25) is 0 Å². The summed E-state index contributed by atoms with van der Waals surface area (Å²) in [5.41, 5.74) is 5.84. The SMILES string of the molecule is CNCCCn1cc(-c2ccc(OC(F)(F)F)cc2)c2cc(CN3CCC4(CCN(Cc5cc(OC)cc(OC)c5)CC4)C3)ccc21. The molecule has 10 heteroatoms. The molecule has 6 rings (SSSR count). The number of nitrogens with one attached hydrogen (secondary N) is 1. The van der Waals surface area contributed by atoms with Crippen LogP contribution >= 0.6 is 0 Å². The van der Waals surface area contributed by atoms with E-state index in [0.717, 1.165) is 92.3 Å². The quantitative estimate of drug-likeness (QED) is 0.162. The molecule has 3 heterocycles. The van der Waals surface area contributed by atoms with Crippen molar-refractivity contribution in [3.8, 4) is 28.4 Å². The maximum atomic E-state index is 12.8. The summed E-state index contributed by atoms with van der Waals surface area (Å²) in [6.07, 6.45) is 1.99. The Morgan fingerprint density at radius 1 is 0.787 bits per heavy atom. The molecule has 3 aromatic carbocycles. The van der Waals surface area contributed by atoms with Crippen LogP contribution in [0.3, 0.4) is 0 Å². The molecular formula is C37H45F3N4O3. The summed E-state index contributed by atoms with van der Waals surface area (Å²) in [5.74, 6) is 1.43. The number of rotatable bonds is 12. The Labute approximate surface area is 275 Å². The number of halogens is 3. The summed E-state index contributed by atoms with van der Waals surface area (Å²) in [6, 6.07) is 19.0. The van der Waals surface area contributed by atoms with Crippen molar-refractivity contribution in [1.29, 1.82) is 0 Å². The lowest BCUT2D eigenvalue weighted by atomic mass is 9.77. The largest absolute Gasteiger partial charge is 0.573 e. The molecule has 1 aromatic heterocycles. The van der Waals surface area contributed by atoms with Gasteiger partial charge in [-0.05, 0) is 117 Å². The number of hydrogen-bond acceptors (Lipinski definition) is 6. The second-order valence-corrected chi connectivity index (χ2v) is 13.1. The molecule has 0 aliphatic carbocycles. The molecule has 0 unspecified atom stereocenters. The highest BCUT2D eigenvalue weighted by molar-refractivity contribution is 5.96. The minimum absolute atomic E-state index is 0.214. The molecule has 47 heavy (non-hydrogen) atoms. The molecule has 2 aliphatic rings. The van der Waals surface area contributed by atoms with Crippen molar-refractivity contribution in [3.05, 3.63) is 78.0 Å². The van der Waals surface area contributed by atoms with Gasteiger partial charge in [0, 0.05) is 54.9 Å². The number of piperidine rings is 1. The summed E-state index contributed by atoms with van der Waals surface area (Å²) in [4.78, 5) is 5.14. The molecule has 252 valence electrons. The number of alkyl halides is 3. The molecule has 2 aliphatic heterocycles. The lowest BCUT2D eigenvalue weighted by Crippen LogP contribution is -2.41. The highest BCUT2D eigenvalue weighted by atomic mass is 19.4. The second kappa shape index (κ2) is 14.2. The molecule has 2 saturated heterocycles. The predicted octanol–water partition coefficient (Wildman–Crippen LogP) is 7.32. The van der Waals surface area contributed by atoms with E-state index in [1.54, 1.807) is 26.4 Å². The number of hydrogen-bond donors (Lipinski definition) is 1. The first-order chi connectivity index (χ1) is 22.7. The first-order valence-corrected chi connectivity index (χ1v) is 16.5. The Hall–Kier alpha value is -3.73. The van der Waals surface area contributed by atoms with E-state index in [2.05, 4.69) is 60.9 Å². The van der Waals surface area contributed by atoms with Gasteiger partial charge in [-0.2, -0.15) is 0 Å². The predicted molar refractivity (Wildman–Crippen MR) is 179 cm³/mol. The van der Waals surface area contributed by atoms with Crippen molar-refractivity contribution < 1.29 is 27.4 Å². The third-order valence-corrected chi connectivity index (χ3v) is 9.83. The smallest absolute Gasteiger partial charge is 0.497 e. The fourth-order valence-corrected chi connectivity index (χ4v) is 7.35. The number of aromatic nitrogens is 1. The van der Waals surface area contributed by atoms with Crippen molar-refractivity contribution >= 4 is 10.9 Å². The van der Waals surface area contributed by atoms with Crippen LogP contribution in [-0.2, 0) is 19.6 Å². The maximum Gasteiger partial charge on any atom is 0.573 e. The Bertz CT molecular complexity index is 1620. The monoisotopic (exact) mass is 650 g/mol. The van der Waals surface area contributed by atoms with Gasteiger partial charge in [0.15, 0.2) is 0 Å². The first kappa shape index (κ1) is 33.2. The number of aryl methyl sites for hydroxylation is 1. The van der Waals surface area contributed by atoms with Gasteiger partial charge in [0.05, 0.1) is 14.2 Å². The summed E-state index contributed by atoms with van der Waals surface area (Å²) < 4.78 is 55.6. The molecule has 0 bridgehead atoms. The van der Waals surface area contributed by atoms with Crippen molar-refractivity contribution in [1.82, 2.24) is 19.7 Å². The Morgan fingerprint density at radius 3 is 2.09 bits per heavy atom. The second-order valence-electron chi connectivity index (χ2n) is 13.1. The normalized spacial score (nSPS) is 17.1. The van der Waals surface area contributed by atoms with E-state index in [-0.39, 0.29) is 5.75 Å². The summed E-state index contributed by atoms with van der Waals surface area (Å²) in [5, 5.41) is 4.33. The van der Waals surface area contributed by atoms with Gasteiger partial charge >= 0.3 is 6.36 Å². The van der Waals surface area contributed by atoms with Crippen LogP contribution in [0.1, 0.15) is 36.8 Å². The van der Waals surface area contributed by atoms with Crippen LogP contribution in [0.25, 0.3) is 22.0 Å². The fourth-order valence-electron chi connectivity index (χ4n) is 7.35. The maximum absolute atomic E-state index is 12.8. The van der Waals surface area contributed by atoms with Gasteiger partial charge < -0.3 is 24.1 Å². The zero-order valence-electron chi connectivity index (χ0n) is 27.5. The molecule has 7 nitrogen and oxygen atoms in total. The van der Waals surface area contributed by atoms with Crippen molar-refractivity contribution in [3.63, 3.8) is 0 Å². The van der Waals surface area contributed by atoms with E-state index in [1.165, 1.54) is 42.5 Å². The van der Waals surface area contributed by atoms with Gasteiger partial charge in [0.25, 0.3) is 0 Å². The molecule has 2 fully saturated rings. The number of likely N-dealkylation sites (tertiary alicyclic amines) is 2. The first-order valence-electron chi connectivity index (χ1n) is 16.5. The standard InChI is InChI=1S/C37H45F3N4O3/c1-41-14-4-15-44-25-34(29-6-8-30(9-7-29)47-37(38,39)40)33-21-27(5-10-35(33)44)23-43-18-13-36(26-43)11-16-42(17-12-36)24-28-19-31(45-2)22-32(20-28)46-3/h5-10,19-22,25,41H,4,11-18,23-24,26H2,1-3H3. The minimum atomic E-state index is -4.71. The number of nitrogens with zero attached hydrogens (tertiary/aromatic N) is 3. The highest BCUT2D eigenvalue weighted by Gasteiger charge is 2.40. The molecule has 1 spiro atoms. The molecule has 4 aromatic rings. The highest BCUT2D eigenvalue weighted by Crippen LogP contribution is 2.42. The molecule has 1 N–H and O–H groups in total. The van der Waals surface area contributed by atoms with Gasteiger partial charge in [-0.3, -0.25) is 9.80 Å². The number of fused-ring (bicyclic) bond motifs is 1. The number of benzene rings is 3. The van der Waals surface area contributed by atoms with Crippen LogP contribution in [0.4, 0.5) is 13.2 Å².